The summed E-state index contributed by atoms with van der Waals surface area (Å²) in [6, 6.07) is 1.08. The fourth-order valence-corrected chi connectivity index (χ4v) is 0.945. The maximum Gasteiger partial charge on any atom is 0.328 e. The van der Waals surface area contributed by atoms with Crippen LogP contribution in [0, 0.1) is 0 Å². The maximum absolute atomic E-state index is 10.4. The second kappa shape index (κ2) is 3.04. The van der Waals surface area contributed by atoms with Gasteiger partial charge in [-0.25, -0.2) is 4.79 Å². The van der Waals surface area contributed by atoms with Crippen LogP contribution in [0.15, 0.2) is 16.9 Å². The molecule has 0 aliphatic heterocycles. The highest BCUT2D eigenvalue weighted by molar-refractivity contribution is 9.10. The van der Waals surface area contributed by atoms with Crippen LogP contribution in [0.3, 0.4) is 0 Å². The average molecular weight is 219 g/mol. The SMILES string of the molecule is C[C@H](C(=O)O)n1ccc(Br)n1. The summed E-state index contributed by atoms with van der Waals surface area (Å²) in [6.07, 6.45) is 1.61. The van der Waals surface area contributed by atoms with Crippen molar-refractivity contribution in [2.24, 2.45) is 0 Å². The highest BCUT2D eigenvalue weighted by atomic mass is 79.9. The second-order valence-corrected chi connectivity index (χ2v) is 2.95. The van der Waals surface area contributed by atoms with Gasteiger partial charge in [0, 0.05) is 6.20 Å². The lowest BCUT2D eigenvalue weighted by molar-refractivity contribution is -0.140. The molecule has 0 bridgehead atoms. The number of carboxylic acid groups (broad SMARTS) is 1. The Bertz CT molecular complexity index is 271. The zero-order valence-electron chi connectivity index (χ0n) is 5.86. The maximum atomic E-state index is 10.4. The van der Waals surface area contributed by atoms with Crippen molar-refractivity contribution >= 4 is 21.9 Å². The minimum atomic E-state index is -0.888. The lowest BCUT2D eigenvalue weighted by Gasteiger charge is -2.04. The van der Waals surface area contributed by atoms with Gasteiger partial charge in [0.2, 0.25) is 0 Å². The molecular weight excluding hydrogens is 212 g/mol. The summed E-state index contributed by atoms with van der Waals surface area (Å²) < 4.78 is 2.03. The van der Waals surface area contributed by atoms with Gasteiger partial charge in [-0.15, -0.1) is 0 Å². The van der Waals surface area contributed by atoms with Crippen molar-refractivity contribution in [3.63, 3.8) is 0 Å². The number of halogens is 1. The molecule has 0 amide bonds. The zero-order chi connectivity index (χ0) is 8.43. The third-order valence-electron chi connectivity index (χ3n) is 1.33. The van der Waals surface area contributed by atoms with Crippen LogP contribution in [0.5, 0.6) is 0 Å². The van der Waals surface area contributed by atoms with Crippen LogP contribution in [0.25, 0.3) is 0 Å². The van der Waals surface area contributed by atoms with Gasteiger partial charge in [0.25, 0.3) is 0 Å². The molecule has 4 nitrogen and oxygen atoms in total. The van der Waals surface area contributed by atoms with E-state index in [1.54, 1.807) is 19.2 Å². The number of nitrogens with zero attached hydrogens (tertiary/aromatic N) is 2. The molecule has 0 spiro atoms. The average Bonchev–Trinajstić information content (AvgIpc) is 2.34. The van der Waals surface area contributed by atoms with Crippen LogP contribution >= 0.6 is 15.9 Å². The summed E-state index contributed by atoms with van der Waals surface area (Å²) in [5.74, 6) is -0.888. The van der Waals surface area contributed by atoms with Crippen LogP contribution in [0.2, 0.25) is 0 Å². The van der Waals surface area contributed by atoms with Crippen LogP contribution in [-0.2, 0) is 4.79 Å². The molecule has 0 fully saturated rings. The van der Waals surface area contributed by atoms with Gasteiger partial charge in [-0.1, -0.05) is 0 Å². The van der Waals surface area contributed by atoms with Crippen molar-refractivity contribution < 1.29 is 9.90 Å². The molecule has 1 N–H and O–H groups in total. The van der Waals surface area contributed by atoms with E-state index in [1.807, 2.05) is 0 Å². The summed E-state index contributed by atoms with van der Waals surface area (Å²) in [5.41, 5.74) is 0. The molecule has 60 valence electrons. The molecular formula is C6H7BrN2O2. The molecule has 0 radical (unpaired) electrons. The minimum absolute atomic E-state index is 0.610. The Hall–Kier alpha value is -0.840. The largest absolute Gasteiger partial charge is 0.480 e. The Morgan fingerprint density at radius 2 is 2.55 bits per heavy atom. The van der Waals surface area contributed by atoms with Crippen LogP contribution in [-0.4, -0.2) is 20.9 Å². The highest BCUT2D eigenvalue weighted by Crippen LogP contribution is 2.09. The van der Waals surface area contributed by atoms with Crippen molar-refractivity contribution in [1.29, 1.82) is 0 Å². The van der Waals surface area contributed by atoms with E-state index in [0.29, 0.717) is 4.60 Å². The van der Waals surface area contributed by atoms with Gasteiger partial charge in [-0.3, -0.25) is 4.68 Å². The van der Waals surface area contributed by atoms with E-state index in [1.165, 1.54) is 4.68 Å². The normalized spacial score (nSPS) is 12.9. The van der Waals surface area contributed by atoms with Crippen molar-refractivity contribution in [3.8, 4) is 0 Å². The fourth-order valence-electron chi connectivity index (χ4n) is 0.644. The Labute approximate surface area is 72.0 Å². The van der Waals surface area contributed by atoms with Crippen molar-refractivity contribution in [3.05, 3.63) is 16.9 Å². The minimum Gasteiger partial charge on any atom is -0.480 e. The predicted molar refractivity (Wildman–Crippen MR) is 42.3 cm³/mol. The first-order valence-electron chi connectivity index (χ1n) is 3.04. The van der Waals surface area contributed by atoms with Gasteiger partial charge < -0.3 is 5.11 Å². The number of hydrogen-bond donors (Lipinski definition) is 1. The number of carboxylic acids is 1. The quantitative estimate of drug-likeness (QED) is 0.815. The summed E-state index contributed by atoms with van der Waals surface area (Å²) in [4.78, 5) is 10.4. The molecule has 0 saturated carbocycles. The van der Waals surface area contributed by atoms with Crippen molar-refractivity contribution in [2.75, 3.05) is 0 Å². The monoisotopic (exact) mass is 218 g/mol. The molecule has 0 unspecified atom stereocenters. The second-order valence-electron chi connectivity index (χ2n) is 2.13. The van der Waals surface area contributed by atoms with Crippen LogP contribution < -0.4 is 0 Å². The van der Waals surface area contributed by atoms with Gasteiger partial charge >= 0.3 is 5.97 Å². The zero-order valence-corrected chi connectivity index (χ0v) is 7.45. The van der Waals surface area contributed by atoms with Gasteiger partial charge in [-0.2, -0.15) is 5.10 Å². The molecule has 1 heterocycles. The smallest absolute Gasteiger partial charge is 0.328 e. The third-order valence-corrected chi connectivity index (χ3v) is 1.75. The van der Waals surface area contributed by atoms with Gasteiger partial charge in [0.1, 0.15) is 10.6 Å². The number of aromatic nitrogens is 2. The summed E-state index contributed by atoms with van der Waals surface area (Å²) >= 11 is 3.12. The Kier molecular flexibility index (Phi) is 2.28. The van der Waals surface area contributed by atoms with Crippen LogP contribution in [0.4, 0.5) is 0 Å². The fraction of sp³-hybridized carbons (Fsp3) is 0.333. The number of hydrogen-bond acceptors (Lipinski definition) is 2. The molecule has 0 aliphatic rings. The van der Waals surface area contributed by atoms with E-state index in [9.17, 15) is 4.79 Å². The number of rotatable bonds is 2. The molecule has 0 aromatic carbocycles. The third kappa shape index (κ3) is 1.80. The highest BCUT2D eigenvalue weighted by Gasteiger charge is 2.12. The van der Waals surface area contributed by atoms with E-state index in [-0.39, 0.29) is 0 Å². The lowest BCUT2D eigenvalue weighted by atomic mass is 10.4. The topological polar surface area (TPSA) is 55.1 Å². The molecule has 0 saturated heterocycles. The van der Waals surface area contributed by atoms with Crippen LogP contribution in [0.1, 0.15) is 13.0 Å². The van der Waals surface area contributed by atoms with E-state index < -0.39 is 12.0 Å². The summed E-state index contributed by atoms with van der Waals surface area (Å²) in [7, 11) is 0. The van der Waals surface area contributed by atoms with Crippen molar-refractivity contribution in [2.45, 2.75) is 13.0 Å². The predicted octanol–water partition coefficient (Wildman–Crippen LogP) is 1.29. The van der Waals surface area contributed by atoms with E-state index >= 15 is 0 Å². The first-order chi connectivity index (χ1) is 5.11. The molecule has 1 aromatic heterocycles. The first kappa shape index (κ1) is 8.26. The summed E-state index contributed by atoms with van der Waals surface area (Å²) in [5, 5.41) is 12.5. The molecule has 1 rings (SSSR count). The lowest BCUT2D eigenvalue weighted by Crippen LogP contribution is -2.15. The summed E-state index contributed by atoms with van der Waals surface area (Å²) in [6.45, 7) is 1.57. The first-order valence-corrected chi connectivity index (χ1v) is 3.84. The molecule has 5 heteroatoms. The van der Waals surface area contributed by atoms with E-state index in [2.05, 4.69) is 21.0 Å². The molecule has 1 atom stereocenters. The number of carbonyl (C=O) groups is 1. The van der Waals surface area contributed by atoms with E-state index in [4.69, 9.17) is 5.11 Å². The van der Waals surface area contributed by atoms with Gasteiger partial charge in [0.15, 0.2) is 0 Å². The standard InChI is InChI=1S/C6H7BrN2O2/c1-4(6(10)11)9-3-2-5(7)8-9/h2-4H,1H3,(H,10,11)/t4-/m1/s1. The van der Waals surface area contributed by atoms with Gasteiger partial charge in [-0.05, 0) is 28.9 Å². The van der Waals surface area contributed by atoms with E-state index in [0.717, 1.165) is 0 Å². The molecule has 1 aromatic rings. The Morgan fingerprint density at radius 3 is 2.91 bits per heavy atom. The van der Waals surface area contributed by atoms with Crippen molar-refractivity contribution in [1.82, 2.24) is 9.78 Å². The van der Waals surface area contributed by atoms with Gasteiger partial charge in [0.05, 0.1) is 0 Å². The Morgan fingerprint density at radius 1 is 1.91 bits per heavy atom. The number of aliphatic carboxylic acids is 1. The molecule has 11 heavy (non-hydrogen) atoms. The molecule has 0 aliphatic carbocycles. The Balaban J connectivity index is 2.84.